The molecular formula is C56H46N4Pt. The summed E-state index contributed by atoms with van der Waals surface area (Å²) in [5, 5.41) is 2.26. The van der Waals surface area contributed by atoms with Gasteiger partial charge in [0.1, 0.15) is 5.82 Å². The largest absolute Gasteiger partial charge is 2.00 e. The summed E-state index contributed by atoms with van der Waals surface area (Å²) >= 11 is 0. The Morgan fingerprint density at radius 1 is 0.525 bits per heavy atom. The smallest absolute Gasteiger partial charge is 0.656 e. The SMILES string of the molecule is CC(C)(C)c1cc(-c2cc(-c3ccccc3)ccn2)[c-]c(-c2cccc3c2nc(-c2cccc4c2[n-]c2ccccc24)n3-c2ccc(C(C)(C)C)cc2-c2ccccc2)c1.[Pt+2]. The summed E-state index contributed by atoms with van der Waals surface area (Å²) < 4.78 is 2.36. The standard InChI is InChI=1S/C56H46N4.Pt/c1-55(2,3)41-27-28-50(47(35-41)37-19-11-8-12-20-37)60-51-26-16-22-43(53(51)59-54(60)46-24-15-23-45-44-21-13-14-25-48(44)58-52(45)46)39-31-40(33-42(32-39)56(4,5)6)49-34-38(29-30-57-49)36-17-9-7-10-18-36;/h7-30,32-35H,1-6H3;/q-2;+2. The van der Waals surface area contributed by atoms with E-state index in [0.717, 1.165) is 94.6 Å². The Bertz CT molecular complexity index is 3220. The molecule has 0 unspecified atom stereocenters. The molecule has 0 bridgehead atoms. The van der Waals surface area contributed by atoms with E-state index in [1.807, 2.05) is 12.3 Å². The van der Waals surface area contributed by atoms with Gasteiger partial charge in [0.05, 0.1) is 16.7 Å². The van der Waals surface area contributed by atoms with Crippen LogP contribution in [0, 0.1) is 6.07 Å². The normalized spacial score (nSPS) is 12.0. The fourth-order valence-corrected chi connectivity index (χ4v) is 8.44. The minimum Gasteiger partial charge on any atom is -0.656 e. The number of aromatic nitrogens is 4. The van der Waals surface area contributed by atoms with Gasteiger partial charge in [0.2, 0.25) is 0 Å². The fourth-order valence-electron chi connectivity index (χ4n) is 8.44. The van der Waals surface area contributed by atoms with Crippen molar-refractivity contribution in [2.45, 2.75) is 52.4 Å². The first kappa shape index (κ1) is 40.1. The minimum atomic E-state index is -0.130. The minimum absolute atomic E-state index is 0. The molecule has 3 aromatic heterocycles. The summed E-state index contributed by atoms with van der Waals surface area (Å²) in [5.74, 6) is 0.843. The Balaban J connectivity index is 0.00000476. The molecule has 0 spiro atoms. The molecule has 3 heterocycles. The van der Waals surface area contributed by atoms with Crippen LogP contribution in [0.3, 0.4) is 0 Å². The van der Waals surface area contributed by atoms with E-state index in [0.29, 0.717) is 0 Å². The van der Waals surface area contributed by atoms with Gasteiger partial charge in [-0.3, -0.25) is 9.55 Å². The predicted molar refractivity (Wildman–Crippen MR) is 251 cm³/mol. The second-order valence-corrected chi connectivity index (χ2v) is 17.9. The Hall–Kier alpha value is -6.35. The van der Waals surface area contributed by atoms with E-state index in [2.05, 4.69) is 210 Å². The molecule has 7 aromatic carbocycles. The molecule has 0 amide bonds. The van der Waals surface area contributed by atoms with Gasteiger partial charge in [-0.2, -0.15) is 0 Å². The van der Waals surface area contributed by atoms with E-state index in [9.17, 15) is 0 Å². The number of hydrogen-bond donors (Lipinski definition) is 0. The zero-order valence-corrected chi connectivity index (χ0v) is 37.5. The fraction of sp³-hybridized carbons (Fsp3) is 0.143. The van der Waals surface area contributed by atoms with E-state index in [1.54, 1.807) is 0 Å². The quantitative estimate of drug-likeness (QED) is 0.156. The van der Waals surface area contributed by atoms with Crippen LogP contribution in [-0.2, 0) is 31.9 Å². The molecule has 10 rings (SSSR count). The summed E-state index contributed by atoms with van der Waals surface area (Å²) in [4.78, 5) is 15.9. The van der Waals surface area contributed by atoms with Crippen molar-refractivity contribution >= 4 is 32.8 Å². The molecule has 0 aliphatic carbocycles. The van der Waals surface area contributed by atoms with Gasteiger partial charge in [0.15, 0.2) is 0 Å². The first-order valence-corrected chi connectivity index (χ1v) is 20.8. The predicted octanol–water partition coefficient (Wildman–Crippen LogP) is 14.4. The van der Waals surface area contributed by atoms with Crippen LogP contribution in [0.5, 0.6) is 0 Å². The van der Waals surface area contributed by atoms with Gasteiger partial charge in [0, 0.05) is 23.0 Å². The van der Waals surface area contributed by atoms with Crippen molar-refractivity contribution in [2.75, 3.05) is 0 Å². The first-order valence-electron chi connectivity index (χ1n) is 20.8. The molecule has 0 radical (unpaired) electrons. The zero-order chi connectivity index (χ0) is 41.2. The number of nitrogens with zero attached hydrogens (tertiary/aromatic N) is 4. The molecule has 300 valence electrons. The number of pyridine rings is 1. The molecule has 0 N–H and O–H groups in total. The number of rotatable bonds is 6. The first-order chi connectivity index (χ1) is 29.0. The van der Waals surface area contributed by atoms with Gasteiger partial charge >= 0.3 is 21.1 Å². The van der Waals surface area contributed by atoms with Crippen molar-refractivity contribution in [1.29, 1.82) is 0 Å². The van der Waals surface area contributed by atoms with Crippen LogP contribution in [-0.4, -0.2) is 14.5 Å². The third kappa shape index (κ3) is 7.34. The Labute approximate surface area is 372 Å². The summed E-state index contributed by atoms with van der Waals surface area (Å²) in [7, 11) is 0. The van der Waals surface area contributed by atoms with Crippen LogP contribution in [0.2, 0.25) is 0 Å². The van der Waals surface area contributed by atoms with Crippen molar-refractivity contribution < 1.29 is 21.1 Å². The monoisotopic (exact) mass is 969 g/mol. The van der Waals surface area contributed by atoms with E-state index in [4.69, 9.17) is 15.0 Å². The van der Waals surface area contributed by atoms with Crippen LogP contribution < -0.4 is 4.98 Å². The number of benzene rings is 7. The van der Waals surface area contributed by atoms with Gasteiger partial charge in [0.25, 0.3) is 0 Å². The average molecular weight is 970 g/mol. The van der Waals surface area contributed by atoms with Crippen LogP contribution in [0.25, 0.3) is 94.6 Å². The maximum absolute atomic E-state index is 5.70. The number of fused-ring (bicyclic) bond motifs is 4. The van der Waals surface area contributed by atoms with Gasteiger partial charge in [-0.05, 0) is 68.1 Å². The van der Waals surface area contributed by atoms with Crippen LogP contribution in [0.4, 0.5) is 0 Å². The second-order valence-electron chi connectivity index (χ2n) is 17.9. The maximum atomic E-state index is 5.70. The Morgan fingerprint density at radius 2 is 1.18 bits per heavy atom. The molecule has 0 saturated heterocycles. The summed E-state index contributed by atoms with van der Waals surface area (Å²) in [6.45, 7) is 13.6. The Morgan fingerprint density at radius 3 is 1.93 bits per heavy atom. The molecule has 0 fully saturated rings. The van der Waals surface area contributed by atoms with E-state index in [1.165, 1.54) is 11.1 Å². The average Bonchev–Trinajstić information content (AvgIpc) is 3.85. The van der Waals surface area contributed by atoms with Gasteiger partial charge < -0.3 is 4.98 Å². The molecule has 0 atom stereocenters. The van der Waals surface area contributed by atoms with E-state index in [-0.39, 0.29) is 31.9 Å². The van der Waals surface area contributed by atoms with Crippen molar-refractivity contribution in [1.82, 2.24) is 19.5 Å². The summed E-state index contributed by atoms with van der Waals surface area (Å²) in [6.07, 6.45) is 1.90. The topological polar surface area (TPSA) is 44.8 Å². The van der Waals surface area contributed by atoms with Gasteiger partial charge in [-0.15, -0.1) is 40.4 Å². The van der Waals surface area contributed by atoms with Crippen molar-refractivity contribution in [3.8, 4) is 61.7 Å². The number of imidazole rings is 1. The Kier molecular flexibility index (Phi) is 10.2. The van der Waals surface area contributed by atoms with E-state index >= 15 is 0 Å². The number of para-hydroxylation sites is 3. The van der Waals surface area contributed by atoms with Crippen molar-refractivity contribution in [3.63, 3.8) is 0 Å². The third-order valence-corrected chi connectivity index (χ3v) is 11.7. The van der Waals surface area contributed by atoms with Gasteiger partial charge in [-0.25, -0.2) is 4.98 Å². The summed E-state index contributed by atoms with van der Waals surface area (Å²) in [5.41, 5.74) is 16.6. The third-order valence-electron chi connectivity index (χ3n) is 11.7. The van der Waals surface area contributed by atoms with Crippen LogP contribution >= 0.6 is 0 Å². The molecule has 10 aromatic rings. The zero-order valence-electron chi connectivity index (χ0n) is 35.3. The molecule has 0 aliphatic heterocycles. The van der Waals surface area contributed by atoms with Crippen LogP contribution in [0.1, 0.15) is 52.7 Å². The molecule has 5 heteroatoms. The van der Waals surface area contributed by atoms with Crippen molar-refractivity contribution in [3.05, 3.63) is 187 Å². The van der Waals surface area contributed by atoms with Gasteiger partial charge in [-0.1, -0.05) is 180 Å². The van der Waals surface area contributed by atoms with E-state index < -0.39 is 0 Å². The van der Waals surface area contributed by atoms with Crippen molar-refractivity contribution in [2.24, 2.45) is 0 Å². The maximum Gasteiger partial charge on any atom is 2.00 e. The molecule has 0 aliphatic rings. The molecule has 61 heavy (non-hydrogen) atoms. The number of hydrogen-bond acceptors (Lipinski definition) is 2. The second kappa shape index (κ2) is 15.6. The summed E-state index contributed by atoms with van der Waals surface area (Å²) in [6, 6.07) is 62.2. The van der Waals surface area contributed by atoms with Crippen LogP contribution in [0.15, 0.2) is 170 Å². The molecule has 4 nitrogen and oxygen atoms in total. The molecular weight excluding hydrogens is 924 g/mol. The molecule has 0 saturated carbocycles.